The SMILES string of the molecule is CCc1ccc(C2C(c3ccc(C)cc3)=C(O)C(=O)N2c2ccc(F)cc2)cc1. The second kappa shape index (κ2) is 7.55. The number of aliphatic hydroxyl groups is 1. The third-order valence-electron chi connectivity index (χ3n) is 5.38. The fourth-order valence-corrected chi connectivity index (χ4v) is 3.75. The minimum absolute atomic E-state index is 0.275. The lowest BCUT2D eigenvalue weighted by molar-refractivity contribution is -0.117. The zero-order valence-electron chi connectivity index (χ0n) is 16.4. The molecule has 146 valence electrons. The number of aryl methyl sites for hydroxylation is 2. The Morgan fingerprint density at radius 2 is 1.55 bits per heavy atom. The van der Waals surface area contributed by atoms with Crippen molar-refractivity contribution in [2.75, 3.05) is 4.90 Å². The van der Waals surface area contributed by atoms with Gasteiger partial charge in [-0.2, -0.15) is 0 Å². The van der Waals surface area contributed by atoms with Crippen molar-refractivity contribution in [2.45, 2.75) is 26.3 Å². The van der Waals surface area contributed by atoms with Crippen LogP contribution in [0, 0.1) is 12.7 Å². The van der Waals surface area contributed by atoms with Crippen molar-refractivity contribution in [3.8, 4) is 0 Å². The highest BCUT2D eigenvalue weighted by atomic mass is 19.1. The van der Waals surface area contributed by atoms with E-state index in [4.69, 9.17) is 0 Å². The smallest absolute Gasteiger partial charge is 0.294 e. The first-order valence-electron chi connectivity index (χ1n) is 9.67. The van der Waals surface area contributed by atoms with E-state index in [2.05, 4.69) is 6.92 Å². The first kappa shape index (κ1) is 18.9. The minimum Gasteiger partial charge on any atom is -0.503 e. The van der Waals surface area contributed by atoms with Crippen molar-refractivity contribution in [3.05, 3.63) is 107 Å². The Bertz CT molecular complexity index is 1070. The molecule has 1 N–H and O–H groups in total. The number of benzene rings is 3. The predicted molar refractivity (Wildman–Crippen MR) is 113 cm³/mol. The van der Waals surface area contributed by atoms with Gasteiger partial charge in [0.2, 0.25) is 0 Å². The third-order valence-corrected chi connectivity index (χ3v) is 5.38. The van der Waals surface area contributed by atoms with Gasteiger partial charge < -0.3 is 5.11 Å². The molecule has 1 heterocycles. The van der Waals surface area contributed by atoms with Crippen molar-refractivity contribution in [3.63, 3.8) is 0 Å². The number of hydrogen-bond acceptors (Lipinski definition) is 2. The van der Waals surface area contributed by atoms with Crippen molar-refractivity contribution in [1.29, 1.82) is 0 Å². The van der Waals surface area contributed by atoms with Gasteiger partial charge in [0, 0.05) is 11.3 Å². The van der Waals surface area contributed by atoms with Crippen LogP contribution in [0.1, 0.15) is 35.2 Å². The fraction of sp³-hybridized carbons (Fsp3) is 0.160. The van der Waals surface area contributed by atoms with Gasteiger partial charge in [-0.25, -0.2) is 4.39 Å². The van der Waals surface area contributed by atoms with Crippen LogP contribution in [0.15, 0.2) is 78.6 Å². The third kappa shape index (κ3) is 3.42. The van der Waals surface area contributed by atoms with Crippen LogP contribution >= 0.6 is 0 Å². The maximum absolute atomic E-state index is 13.5. The molecule has 0 saturated carbocycles. The summed E-state index contributed by atoms with van der Waals surface area (Å²) in [7, 11) is 0. The van der Waals surface area contributed by atoms with Crippen molar-refractivity contribution < 1.29 is 14.3 Å². The highest BCUT2D eigenvalue weighted by Gasteiger charge is 2.41. The van der Waals surface area contributed by atoms with Gasteiger partial charge >= 0.3 is 0 Å². The molecular formula is C25H22FNO2. The quantitative estimate of drug-likeness (QED) is 0.619. The molecule has 4 heteroatoms. The number of carbonyl (C=O) groups is 1. The van der Waals surface area contributed by atoms with E-state index in [0.29, 0.717) is 11.3 Å². The molecular weight excluding hydrogens is 365 g/mol. The summed E-state index contributed by atoms with van der Waals surface area (Å²) in [5.74, 6) is -1.14. The Hall–Kier alpha value is -3.40. The van der Waals surface area contributed by atoms with Crippen LogP contribution in [-0.4, -0.2) is 11.0 Å². The molecule has 29 heavy (non-hydrogen) atoms. The Balaban J connectivity index is 1.88. The topological polar surface area (TPSA) is 40.5 Å². The summed E-state index contributed by atoms with van der Waals surface area (Å²) in [6, 6.07) is 21.0. The highest BCUT2D eigenvalue weighted by molar-refractivity contribution is 6.15. The fourth-order valence-electron chi connectivity index (χ4n) is 3.75. The van der Waals surface area contributed by atoms with E-state index in [0.717, 1.165) is 23.1 Å². The van der Waals surface area contributed by atoms with Crippen LogP contribution in [0.25, 0.3) is 5.57 Å². The molecule has 1 aliphatic heterocycles. The van der Waals surface area contributed by atoms with E-state index < -0.39 is 11.9 Å². The van der Waals surface area contributed by atoms with Gasteiger partial charge in [0.15, 0.2) is 5.76 Å². The molecule has 1 atom stereocenters. The standard InChI is InChI=1S/C25H22FNO2/c1-3-17-6-10-19(11-7-17)23-22(18-8-4-16(2)5-9-18)24(28)25(29)27(23)21-14-12-20(26)13-15-21/h4-15,23,28H,3H2,1-2H3. The second-order valence-electron chi connectivity index (χ2n) is 7.28. The van der Waals surface area contributed by atoms with Crippen LogP contribution in [0.5, 0.6) is 0 Å². The Morgan fingerprint density at radius 3 is 2.14 bits per heavy atom. The van der Waals surface area contributed by atoms with E-state index in [9.17, 15) is 14.3 Å². The molecule has 1 aliphatic rings. The zero-order chi connectivity index (χ0) is 20.5. The van der Waals surface area contributed by atoms with Gasteiger partial charge in [0.1, 0.15) is 5.82 Å². The molecule has 0 aromatic heterocycles. The molecule has 0 bridgehead atoms. The van der Waals surface area contributed by atoms with Gasteiger partial charge in [-0.15, -0.1) is 0 Å². The number of anilines is 1. The number of amides is 1. The van der Waals surface area contributed by atoms with E-state index in [1.807, 2.05) is 55.5 Å². The predicted octanol–water partition coefficient (Wildman–Crippen LogP) is 5.75. The molecule has 3 nitrogen and oxygen atoms in total. The summed E-state index contributed by atoms with van der Waals surface area (Å²) in [6.07, 6.45) is 0.914. The van der Waals surface area contributed by atoms with Crippen LogP contribution in [0.2, 0.25) is 0 Å². The lowest BCUT2D eigenvalue weighted by Crippen LogP contribution is -2.30. The van der Waals surface area contributed by atoms with Gasteiger partial charge in [-0.3, -0.25) is 9.69 Å². The summed E-state index contributed by atoms with van der Waals surface area (Å²) < 4.78 is 13.5. The number of rotatable bonds is 4. The van der Waals surface area contributed by atoms with E-state index in [1.54, 1.807) is 12.1 Å². The van der Waals surface area contributed by atoms with Crippen LogP contribution in [0.3, 0.4) is 0 Å². The summed E-state index contributed by atoms with van der Waals surface area (Å²) in [5, 5.41) is 10.8. The number of hydrogen-bond donors (Lipinski definition) is 1. The number of aliphatic hydroxyl groups excluding tert-OH is 1. The van der Waals surface area contributed by atoms with Crippen molar-refractivity contribution in [1.82, 2.24) is 0 Å². The van der Waals surface area contributed by atoms with Gasteiger partial charge in [-0.1, -0.05) is 61.0 Å². The molecule has 4 rings (SSSR count). The lowest BCUT2D eigenvalue weighted by atomic mass is 9.92. The summed E-state index contributed by atoms with van der Waals surface area (Å²) in [6.45, 7) is 4.08. The van der Waals surface area contributed by atoms with Crippen LogP contribution in [-0.2, 0) is 11.2 Å². The largest absolute Gasteiger partial charge is 0.503 e. The first-order chi connectivity index (χ1) is 14.0. The molecule has 0 fully saturated rings. The maximum atomic E-state index is 13.5. The maximum Gasteiger partial charge on any atom is 0.294 e. The molecule has 0 spiro atoms. The molecule has 0 radical (unpaired) electrons. The molecule has 0 saturated heterocycles. The molecule has 1 unspecified atom stereocenters. The Morgan fingerprint density at radius 1 is 0.931 bits per heavy atom. The van der Waals surface area contributed by atoms with Gasteiger partial charge in [0.05, 0.1) is 6.04 Å². The molecule has 0 aliphatic carbocycles. The van der Waals surface area contributed by atoms with Crippen molar-refractivity contribution >= 4 is 17.2 Å². The highest BCUT2D eigenvalue weighted by Crippen LogP contribution is 2.45. The minimum atomic E-state index is -0.499. The normalized spacial score (nSPS) is 16.6. The number of carbonyl (C=O) groups excluding carboxylic acids is 1. The molecule has 3 aromatic carbocycles. The van der Waals surface area contributed by atoms with Crippen molar-refractivity contribution in [2.24, 2.45) is 0 Å². The summed E-state index contributed by atoms with van der Waals surface area (Å²) >= 11 is 0. The van der Waals surface area contributed by atoms with Crippen LogP contribution < -0.4 is 4.90 Å². The van der Waals surface area contributed by atoms with Gasteiger partial charge in [0.25, 0.3) is 5.91 Å². The average Bonchev–Trinajstić information content (AvgIpc) is 3.00. The molecule has 3 aromatic rings. The van der Waals surface area contributed by atoms with E-state index in [-0.39, 0.29) is 11.6 Å². The Kier molecular flexibility index (Phi) is 4.93. The lowest BCUT2D eigenvalue weighted by Gasteiger charge is -2.27. The molecule has 1 amide bonds. The van der Waals surface area contributed by atoms with Crippen LogP contribution in [0.4, 0.5) is 10.1 Å². The first-order valence-corrected chi connectivity index (χ1v) is 9.67. The zero-order valence-corrected chi connectivity index (χ0v) is 16.4. The average molecular weight is 387 g/mol. The second-order valence-corrected chi connectivity index (χ2v) is 7.28. The van der Waals surface area contributed by atoms with Gasteiger partial charge in [-0.05, 0) is 54.3 Å². The Labute approximate surface area is 169 Å². The summed E-state index contributed by atoms with van der Waals surface area (Å²) in [4.78, 5) is 14.6. The van der Waals surface area contributed by atoms with E-state index >= 15 is 0 Å². The monoisotopic (exact) mass is 387 g/mol. The van der Waals surface area contributed by atoms with E-state index in [1.165, 1.54) is 22.6 Å². The number of halogens is 1. The summed E-state index contributed by atoms with van der Waals surface area (Å²) in [5.41, 5.74) is 5.06. The number of nitrogens with zero attached hydrogens (tertiary/aromatic N) is 1.